The Morgan fingerprint density at radius 3 is 2.72 bits per heavy atom. The monoisotopic (exact) mass is 306 g/mol. The van der Waals surface area contributed by atoms with Crippen molar-refractivity contribution in [2.24, 2.45) is 5.73 Å². The van der Waals surface area contributed by atoms with Gasteiger partial charge in [-0.3, -0.25) is 0 Å². The van der Waals surface area contributed by atoms with E-state index in [-0.39, 0.29) is 0 Å². The van der Waals surface area contributed by atoms with E-state index in [0.29, 0.717) is 12.4 Å². The van der Waals surface area contributed by atoms with Gasteiger partial charge in [-0.05, 0) is 46.1 Å². The summed E-state index contributed by atoms with van der Waals surface area (Å²) in [5.41, 5.74) is 7.69. The second kappa shape index (κ2) is 5.98. The highest BCUT2D eigenvalue weighted by Gasteiger charge is 2.05. The SMILES string of the molecule is CCc1cc(CN)cc(Oc2ccccc2Br)n1. The second-order valence-electron chi connectivity index (χ2n) is 3.90. The summed E-state index contributed by atoms with van der Waals surface area (Å²) in [6, 6.07) is 11.6. The molecule has 0 aliphatic heterocycles. The number of rotatable bonds is 4. The number of hydrogen-bond donors (Lipinski definition) is 1. The number of hydrogen-bond acceptors (Lipinski definition) is 3. The Kier molecular flexibility index (Phi) is 4.33. The van der Waals surface area contributed by atoms with Crippen molar-refractivity contribution in [2.45, 2.75) is 19.9 Å². The lowest BCUT2D eigenvalue weighted by Crippen LogP contribution is -2.01. The zero-order valence-corrected chi connectivity index (χ0v) is 11.8. The summed E-state index contributed by atoms with van der Waals surface area (Å²) in [6.07, 6.45) is 0.861. The topological polar surface area (TPSA) is 48.1 Å². The van der Waals surface area contributed by atoms with Crippen LogP contribution >= 0.6 is 15.9 Å². The standard InChI is InChI=1S/C14H15BrN2O/c1-2-11-7-10(9-16)8-14(17-11)18-13-6-4-3-5-12(13)15/h3-8H,2,9,16H2,1H3. The minimum Gasteiger partial charge on any atom is -0.438 e. The molecule has 2 aromatic rings. The summed E-state index contributed by atoms with van der Waals surface area (Å²) >= 11 is 3.45. The molecule has 3 nitrogen and oxygen atoms in total. The molecule has 2 N–H and O–H groups in total. The minimum absolute atomic E-state index is 0.488. The molecule has 0 fully saturated rings. The van der Waals surface area contributed by atoms with Crippen LogP contribution in [0.4, 0.5) is 0 Å². The second-order valence-corrected chi connectivity index (χ2v) is 4.75. The predicted molar refractivity (Wildman–Crippen MR) is 75.7 cm³/mol. The first-order chi connectivity index (χ1) is 8.72. The number of para-hydroxylation sites is 1. The number of halogens is 1. The van der Waals surface area contributed by atoms with Crippen LogP contribution in [0.1, 0.15) is 18.2 Å². The van der Waals surface area contributed by atoms with Gasteiger partial charge < -0.3 is 10.5 Å². The highest BCUT2D eigenvalue weighted by atomic mass is 79.9. The summed E-state index contributed by atoms with van der Waals surface area (Å²) in [5, 5.41) is 0. The molecule has 18 heavy (non-hydrogen) atoms. The molecule has 0 radical (unpaired) electrons. The van der Waals surface area contributed by atoms with Gasteiger partial charge in [0.25, 0.3) is 0 Å². The van der Waals surface area contributed by atoms with Crippen LogP contribution in [0, 0.1) is 0 Å². The van der Waals surface area contributed by atoms with E-state index in [1.165, 1.54) is 0 Å². The third-order valence-electron chi connectivity index (χ3n) is 2.56. The number of ether oxygens (including phenoxy) is 1. The predicted octanol–water partition coefficient (Wildman–Crippen LogP) is 3.66. The number of nitrogens with two attached hydrogens (primary N) is 1. The highest BCUT2D eigenvalue weighted by Crippen LogP contribution is 2.28. The van der Waals surface area contributed by atoms with Crippen LogP contribution in [0.15, 0.2) is 40.9 Å². The van der Waals surface area contributed by atoms with E-state index in [2.05, 4.69) is 27.8 Å². The molecular formula is C14H15BrN2O. The zero-order chi connectivity index (χ0) is 13.0. The van der Waals surface area contributed by atoms with Crippen molar-refractivity contribution in [1.82, 2.24) is 4.98 Å². The average Bonchev–Trinajstić information content (AvgIpc) is 2.41. The molecule has 4 heteroatoms. The molecule has 0 aliphatic carbocycles. The third kappa shape index (κ3) is 3.09. The summed E-state index contributed by atoms with van der Waals surface area (Å²) in [5.74, 6) is 1.34. The van der Waals surface area contributed by atoms with E-state index in [4.69, 9.17) is 10.5 Å². The summed E-state index contributed by atoms with van der Waals surface area (Å²) in [7, 11) is 0. The lowest BCUT2D eigenvalue weighted by Gasteiger charge is -2.09. The molecule has 0 saturated carbocycles. The lowest BCUT2D eigenvalue weighted by molar-refractivity contribution is 0.457. The van der Waals surface area contributed by atoms with Gasteiger partial charge in [0.1, 0.15) is 5.75 Å². The Morgan fingerprint density at radius 2 is 2.06 bits per heavy atom. The molecule has 0 atom stereocenters. The third-order valence-corrected chi connectivity index (χ3v) is 3.22. The molecule has 1 aromatic carbocycles. The Bertz CT molecular complexity index is 521. The largest absolute Gasteiger partial charge is 0.438 e. The van der Waals surface area contributed by atoms with Gasteiger partial charge in [-0.15, -0.1) is 0 Å². The van der Waals surface area contributed by atoms with Crippen molar-refractivity contribution in [3.05, 3.63) is 52.1 Å². The smallest absolute Gasteiger partial charge is 0.219 e. The minimum atomic E-state index is 0.488. The van der Waals surface area contributed by atoms with Gasteiger partial charge in [0.05, 0.1) is 4.47 Å². The maximum Gasteiger partial charge on any atom is 0.219 e. The van der Waals surface area contributed by atoms with Crippen molar-refractivity contribution in [3.63, 3.8) is 0 Å². The quantitative estimate of drug-likeness (QED) is 0.938. The normalized spacial score (nSPS) is 10.4. The number of benzene rings is 1. The van der Waals surface area contributed by atoms with E-state index in [9.17, 15) is 0 Å². The van der Waals surface area contributed by atoms with Crippen LogP contribution in [0.2, 0.25) is 0 Å². The Hall–Kier alpha value is -1.39. The number of pyridine rings is 1. The van der Waals surface area contributed by atoms with Crippen molar-refractivity contribution in [1.29, 1.82) is 0 Å². The summed E-state index contributed by atoms with van der Waals surface area (Å²) in [6.45, 7) is 2.55. The Morgan fingerprint density at radius 1 is 1.28 bits per heavy atom. The molecule has 1 aromatic heterocycles. The molecule has 2 rings (SSSR count). The first-order valence-electron chi connectivity index (χ1n) is 5.85. The molecule has 0 bridgehead atoms. The van der Waals surface area contributed by atoms with Gasteiger partial charge in [0.15, 0.2) is 0 Å². The van der Waals surface area contributed by atoms with Gasteiger partial charge in [-0.1, -0.05) is 19.1 Å². The fraction of sp³-hybridized carbons (Fsp3) is 0.214. The van der Waals surface area contributed by atoms with E-state index >= 15 is 0 Å². The van der Waals surface area contributed by atoms with Crippen molar-refractivity contribution in [2.75, 3.05) is 0 Å². The number of aryl methyl sites for hydroxylation is 1. The van der Waals surface area contributed by atoms with Crippen LogP contribution in [0.3, 0.4) is 0 Å². The molecule has 0 unspecified atom stereocenters. The first kappa shape index (κ1) is 13.1. The molecule has 0 spiro atoms. The fourth-order valence-corrected chi connectivity index (χ4v) is 1.98. The molecule has 0 saturated heterocycles. The molecule has 94 valence electrons. The zero-order valence-electron chi connectivity index (χ0n) is 10.2. The van der Waals surface area contributed by atoms with Crippen LogP contribution in [-0.2, 0) is 13.0 Å². The van der Waals surface area contributed by atoms with Gasteiger partial charge in [0.2, 0.25) is 5.88 Å². The van der Waals surface area contributed by atoms with E-state index < -0.39 is 0 Å². The Labute approximate surface area is 115 Å². The van der Waals surface area contributed by atoms with Crippen LogP contribution in [0.5, 0.6) is 11.6 Å². The van der Waals surface area contributed by atoms with Crippen molar-refractivity contribution < 1.29 is 4.74 Å². The molecule has 0 amide bonds. The van der Waals surface area contributed by atoms with Crippen molar-refractivity contribution >= 4 is 15.9 Å². The number of nitrogens with zero attached hydrogens (tertiary/aromatic N) is 1. The van der Waals surface area contributed by atoms with Crippen molar-refractivity contribution in [3.8, 4) is 11.6 Å². The Balaban J connectivity index is 2.31. The van der Waals surface area contributed by atoms with Crippen LogP contribution in [-0.4, -0.2) is 4.98 Å². The lowest BCUT2D eigenvalue weighted by atomic mass is 10.2. The molecule has 0 aliphatic rings. The highest BCUT2D eigenvalue weighted by molar-refractivity contribution is 9.10. The number of aromatic nitrogens is 1. The van der Waals surface area contributed by atoms with Crippen LogP contribution in [0.25, 0.3) is 0 Å². The summed E-state index contributed by atoms with van der Waals surface area (Å²) < 4.78 is 6.69. The maximum atomic E-state index is 5.78. The van der Waals surface area contributed by atoms with Gasteiger partial charge in [0, 0.05) is 18.3 Å². The van der Waals surface area contributed by atoms with Crippen LogP contribution < -0.4 is 10.5 Å². The first-order valence-corrected chi connectivity index (χ1v) is 6.64. The van der Waals surface area contributed by atoms with Gasteiger partial charge in [-0.2, -0.15) is 0 Å². The van der Waals surface area contributed by atoms with Gasteiger partial charge >= 0.3 is 0 Å². The maximum absolute atomic E-state index is 5.78. The van der Waals surface area contributed by atoms with E-state index in [1.807, 2.05) is 36.4 Å². The van der Waals surface area contributed by atoms with E-state index in [0.717, 1.165) is 27.9 Å². The fourth-order valence-electron chi connectivity index (χ4n) is 1.61. The summed E-state index contributed by atoms with van der Waals surface area (Å²) in [4.78, 5) is 4.44. The average molecular weight is 307 g/mol. The van der Waals surface area contributed by atoms with E-state index in [1.54, 1.807) is 0 Å². The molecular weight excluding hydrogens is 292 g/mol. The molecule has 1 heterocycles. The van der Waals surface area contributed by atoms with Gasteiger partial charge in [-0.25, -0.2) is 4.98 Å².